The molecular formula is C36H63NO3. The molecule has 0 heterocycles. The van der Waals surface area contributed by atoms with Crippen molar-refractivity contribution in [1.82, 2.24) is 5.32 Å². The van der Waals surface area contributed by atoms with Gasteiger partial charge in [-0.05, 0) is 73.7 Å². The highest BCUT2D eigenvalue weighted by Crippen LogP contribution is 2.11. The summed E-state index contributed by atoms with van der Waals surface area (Å²) in [7, 11) is 0. The summed E-state index contributed by atoms with van der Waals surface area (Å²) in [5.41, 5.74) is 5.07. The predicted molar refractivity (Wildman–Crippen MR) is 174 cm³/mol. The summed E-state index contributed by atoms with van der Waals surface area (Å²) in [6, 6.07) is 17.2. The third-order valence-corrected chi connectivity index (χ3v) is 6.49. The zero-order valence-corrected chi connectivity index (χ0v) is 27.6. The summed E-state index contributed by atoms with van der Waals surface area (Å²) in [5.74, 6) is 1.47. The van der Waals surface area contributed by atoms with E-state index in [1.165, 1.54) is 41.5 Å². The Morgan fingerprint density at radius 3 is 1.57 bits per heavy atom. The molecule has 1 atom stereocenters. The molecule has 4 nitrogen and oxygen atoms in total. The van der Waals surface area contributed by atoms with Crippen LogP contribution in [-0.2, 0) is 40.6 Å². The average Bonchev–Trinajstić information content (AvgIpc) is 2.97. The number of unbranched alkanes of at least 4 members (excludes halogenated alkanes) is 1. The molecule has 0 amide bonds. The van der Waals surface area contributed by atoms with Crippen LogP contribution in [0.15, 0.2) is 48.5 Å². The van der Waals surface area contributed by atoms with Gasteiger partial charge < -0.3 is 19.5 Å². The highest BCUT2D eigenvalue weighted by Gasteiger charge is 2.01. The molecule has 0 fully saturated rings. The first-order valence-electron chi connectivity index (χ1n) is 16.0. The molecule has 2 aromatic carbocycles. The van der Waals surface area contributed by atoms with Gasteiger partial charge in [0.15, 0.2) is 0 Å². The number of rotatable bonds is 19. The van der Waals surface area contributed by atoms with E-state index in [1.54, 1.807) is 0 Å². The summed E-state index contributed by atoms with van der Waals surface area (Å²) in [5, 5.41) is 3.44. The normalized spacial score (nSPS) is 11.6. The fraction of sp³-hybridized carbons (Fsp3) is 0.667. The minimum absolute atomic E-state index is 0.297. The first-order valence-corrected chi connectivity index (χ1v) is 16.0. The van der Waals surface area contributed by atoms with Gasteiger partial charge in [0.1, 0.15) is 0 Å². The second kappa shape index (κ2) is 26.2. The van der Waals surface area contributed by atoms with Gasteiger partial charge in [-0.3, -0.25) is 0 Å². The van der Waals surface area contributed by atoms with Crippen LogP contribution in [0.3, 0.4) is 0 Å². The Labute approximate surface area is 248 Å². The van der Waals surface area contributed by atoms with E-state index in [9.17, 15) is 0 Å². The van der Waals surface area contributed by atoms with Crippen LogP contribution in [0, 0.1) is 11.8 Å². The van der Waals surface area contributed by atoms with Crippen molar-refractivity contribution in [2.75, 3.05) is 19.8 Å². The van der Waals surface area contributed by atoms with Crippen molar-refractivity contribution < 1.29 is 14.2 Å². The largest absolute Gasteiger partial charge is 0.377 e. The van der Waals surface area contributed by atoms with Crippen LogP contribution in [0.2, 0.25) is 0 Å². The standard InChI is InChI=1S/C19H32O2.C15H25NO.C2H6/c1-5-17(4)11-13-21-15-19-8-6-18(7-9-19)14-20-12-10-16(2)3;1-4-5-10-16-11-14-6-8-15(9-7-14)12-17-13(2)3;1-2/h6-9,16-17H,5,10-15H2,1-4H3;6-9,13,16H,4-5,10-12H2,1-3H3;1-2H3. The molecule has 0 aliphatic rings. The van der Waals surface area contributed by atoms with E-state index in [1.807, 2.05) is 13.8 Å². The van der Waals surface area contributed by atoms with Crippen LogP contribution < -0.4 is 5.32 Å². The van der Waals surface area contributed by atoms with Gasteiger partial charge in [0, 0.05) is 19.8 Å². The number of ether oxygens (including phenoxy) is 3. The maximum Gasteiger partial charge on any atom is 0.0720 e. The Balaban J connectivity index is 0.000000730. The second-order valence-electron chi connectivity index (χ2n) is 11.1. The molecule has 0 radical (unpaired) electrons. The van der Waals surface area contributed by atoms with Crippen molar-refractivity contribution >= 4 is 0 Å². The zero-order valence-electron chi connectivity index (χ0n) is 27.6. The SMILES string of the molecule is CC.CCC(C)CCOCc1ccc(COCCC(C)C)cc1.CCCCNCc1ccc(COC(C)C)cc1. The van der Waals surface area contributed by atoms with E-state index in [4.69, 9.17) is 14.2 Å². The Morgan fingerprint density at radius 1 is 0.650 bits per heavy atom. The van der Waals surface area contributed by atoms with E-state index in [-0.39, 0.29) is 0 Å². The molecule has 0 saturated heterocycles. The molecule has 40 heavy (non-hydrogen) atoms. The summed E-state index contributed by atoms with van der Waals surface area (Å²) in [6.45, 7) is 25.2. The third kappa shape index (κ3) is 22.0. The molecule has 230 valence electrons. The average molecular weight is 558 g/mol. The zero-order chi connectivity index (χ0) is 30.0. The van der Waals surface area contributed by atoms with Gasteiger partial charge in [0.25, 0.3) is 0 Å². The Kier molecular flexibility index (Phi) is 25.1. The van der Waals surface area contributed by atoms with Crippen LogP contribution >= 0.6 is 0 Å². The van der Waals surface area contributed by atoms with E-state index in [0.717, 1.165) is 45.1 Å². The maximum atomic E-state index is 5.73. The van der Waals surface area contributed by atoms with Gasteiger partial charge in [-0.15, -0.1) is 0 Å². The Hall–Kier alpha value is -1.72. The number of hydrogen-bond donors (Lipinski definition) is 1. The lowest BCUT2D eigenvalue weighted by Gasteiger charge is -2.10. The maximum absolute atomic E-state index is 5.73. The van der Waals surface area contributed by atoms with E-state index >= 15 is 0 Å². The van der Waals surface area contributed by atoms with Crippen LogP contribution in [0.1, 0.15) is 117 Å². The first-order chi connectivity index (χ1) is 19.3. The molecule has 1 N–H and O–H groups in total. The van der Waals surface area contributed by atoms with Crippen molar-refractivity contribution in [2.24, 2.45) is 11.8 Å². The van der Waals surface area contributed by atoms with E-state index < -0.39 is 0 Å². The molecule has 0 bridgehead atoms. The lowest BCUT2D eigenvalue weighted by molar-refractivity contribution is 0.0657. The molecule has 1 unspecified atom stereocenters. The van der Waals surface area contributed by atoms with Gasteiger partial charge in [0.05, 0.1) is 25.9 Å². The highest BCUT2D eigenvalue weighted by atomic mass is 16.5. The van der Waals surface area contributed by atoms with Crippen LogP contribution in [-0.4, -0.2) is 25.9 Å². The minimum atomic E-state index is 0.297. The van der Waals surface area contributed by atoms with Crippen molar-refractivity contribution in [3.63, 3.8) is 0 Å². The number of hydrogen-bond acceptors (Lipinski definition) is 4. The van der Waals surface area contributed by atoms with Gasteiger partial charge in [-0.2, -0.15) is 0 Å². The van der Waals surface area contributed by atoms with Crippen LogP contribution in [0.5, 0.6) is 0 Å². The molecule has 0 spiro atoms. The third-order valence-electron chi connectivity index (χ3n) is 6.49. The van der Waals surface area contributed by atoms with Crippen molar-refractivity contribution in [3.8, 4) is 0 Å². The van der Waals surface area contributed by atoms with Gasteiger partial charge in [-0.25, -0.2) is 0 Å². The molecule has 2 rings (SSSR count). The van der Waals surface area contributed by atoms with Gasteiger partial charge in [0.2, 0.25) is 0 Å². The van der Waals surface area contributed by atoms with E-state index in [0.29, 0.717) is 31.8 Å². The molecule has 4 heteroatoms. The number of nitrogens with one attached hydrogen (secondary N) is 1. The predicted octanol–water partition coefficient (Wildman–Crippen LogP) is 9.73. The molecule has 0 aromatic heterocycles. The summed E-state index contributed by atoms with van der Waals surface area (Å²) >= 11 is 0. The lowest BCUT2D eigenvalue weighted by atomic mass is 10.1. The first kappa shape index (κ1) is 38.3. The number of benzene rings is 2. The molecule has 0 aliphatic heterocycles. The van der Waals surface area contributed by atoms with Crippen molar-refractivity contribution in [3.05, 3.63) is 70.8 Å². The summed E-state index contributed by atoms with van der Waals surface area (Å²) in [6.07, 6.45) is 6.30. The molecule has 0 aliphatic carbocycles. The van der Waals surface area contributed by atoms with Crippen LogP contribution in [0.4, 0.5) is 0 Å². The topological polar surface area (TPSA) is 39.7 Å². The Morgan fingerprint density at radius 2 is 1.12 bits per heavy atom. The smallest absolute Gasteiger partial charge is 0.0720 e. The summed E-state index contributed by atoms with van der Waals surface area (Å²) < 4.78 is 17.0. The molecule has 2 aromatic rings. The fourth-order valence-electron chi connectivity index (χ4n) is 3.47. The van der Waals surface area contributed by atoms with Gasteiger partial charge >= 0.3 is 0 Å². The molecular weight excluding hydrogens is 494 g/mol. The molecule has 0 saturated carbocycles. The second-order valence-corrected chi connectivity index (χ2v) is 11.1. The van der Waals surface area contributed by atoms with Crippen LogP contribution in [0.25, 0.3) is 0 Å². The Bertz CT molecular complexity index is 787. The van der Waals surface area contributed by atoms with Crippen molar-refractivity contribution in [1.29, 1.82) is 0 Å². The quantitative estimate of drug-likeness (QED) is 0.175. The highest BCUT2D eigenvalue weighted by molar-refractivity contribution is 5.22. The minimum Gasteiger partial charge on any atom is -0.377 e. The summed E-state index contributed by atoms with van der Waals surface area (Å²) in [4.78, 5) is 0. The van der Waals surface area contributed by atoms with E-state index in [2.05, 4.69) is 102 Å². The fourth-order valence-corrected chi connectivity index (χ4v) is 3.47. The lowest BCUT2D eigenvalue weighted by Crippen LogP contribution is -2.14. The van der Waals surface area contributed by atoms with Crippen molar-refractivity contribution in [2.45, 2.75) is 127 Å². The van der Waals surface area contributed by atoms with Gasteiger partial charge in [-0.1, -0.05) is 110 Å². The monoisotopic (exact) mass is 557 g/mol.